The third-order valence-electron chi connectivity index (χ3n) is 5.30. The van der Waals surface area contributed by atoms with Gasteiger partial charge < -0.3 is 9.72 Å². The molecule has 2 heterocycles. The minimum absolute atomic E-state index is 0.0807. The summed E-state index contributed by atoms with van der Waals surface area (Å²) in [6.07, 6.45) is 1.62. The first-order valence-corrected chi connectivity index (χ1v) is 10.1. The van der Waals surface area contributed by atoms with Crippen LogP contribution >= 0.6 is 0 Å². The van der Waals surface area contributed by atoms with E-state index in [1.807, 2.05) is 42.5 Å². The number of rotatable bonds is 4. The number of aromatic nitrogens is 2. The molecule has 0 saturated heterocycles. The van der Waals surface area contributed by atoms with Gasteiger partial charge in [0.2, 0.25) is 0 Å². The molecule has 4 nitrogen and oxygen atoms in total. The van der Waals surface area contributed by atoms with Crippen LogP contribution in [-0.4, -0.2) is 9.97 Å². The lowest BCUT2D eigenvalue weighted by molar-refractivity contribution is 0.310. The van der Waals surface area contributed by atoms with E-state index in [2.05, 4.69) is 50.9 Å². The quantitative estimate of drug-likeness (QED) is 0.474. The summed E-state index contributed by atoms with van der Waals surface area (Å²) >= 11 is 0. The summed E-state index contributed by atoms with van der Waals surface area (Å²) < 4.78 is 6.11. The highest BCUT2D eigenvalue weighted by Gasteiger charge is 2.17. The zero-order chi connectivity index (χ0) is 21.3. The van der Waals surface area contributed by atoms with Crippen LogP contribution < -0.4 is 10.3 Å². The summed E-state index contributed by atoms with van der Waals surface area (Å²) in [5.74, 6) is 0.542. The molecule has 0 unspecified atom stereocenters. The second kappa shape index (κ2) is 7.79. The van der Waals surface area contributed by atoms with Crippen molar-refractivity contribution in [3.05, 3.63) is 93.9 Å². The van der Waals surface area contributed by atoms with Crippen LogP contribution in [0, 0.1) is 6.92 Å². The highest BCUT2D eigenvalue weighted by Crippen LogP contribution is 2.32. The second-order valence-electron chi connectivity index (χ2n) is 8.63. The number of nitrogens with zero attached hydrogens (tertiary/aromatic N) is 1. The smallest absolute Gasteiger partial charge is 0.261 e. The van der Waals surface area contributed by atoms with E-state index in [9.17, 15) is 4.79 Å². The molecule has 1 N–H and O–H groups in total. The summed E-state index contributed by atoms with van der Waals surface area (Å²) in [5.41, 5.74) is 5.81. The Morgan fingerprint density at radius 3 is 2.47 bits per heavy atom. The van der Waals surface area contributed by atoms with Gasteiger partial charge >= 0.3 is 0 Å². The van der Waals surface area contributed by atoms with Crippen molar-refractivity contribution in [2.75, 3.05) is 0 Å². The maximum Gasteiger partial charge on any atom is 0.261 e. The summed E-state index contributed by atoms with van der Waals surface area (Å²) in [4.78, 5) is 20.0. The van der Waals surface area contributed by atoms with Crippen LogP contribution in [0.25, 0.3) is 22.2 Å². The number of hydrogen-bond donors (Lipinski definition) is 1. The summed E-state index contributed by atoms with van der Waals surface area (Å²) in [7, 11) is 0. The van der Waals surface area contributed by atoms with Crippen molar-refractivity contribution < 1.29 is 4.74 Å². The van der Waals surface area contributed by atoms with E-state index in [-0.39, 0.29) is 11.0 Å². The van der Waals surface area contributed by atoms with Crippen molar-refractivity contribution in [1.82, 2.24) is 9.97 Å². The number of pyridine rings is 2. The third-order valence-corrected chi connectivity index (χ3v) is 5.30. The molecule has 0 aliphatic heterocycles. The van der Waals surface area contributed by atoms with E-state index in [0.717, 1.165) is 22.4 Å². The number of aromatic amines is 1. The molecule has 2 aromatic carbocycles. The zero-order valence-corrected chi connectivity index (χ0v) is 17.8. The van der Waals surface area contributed by atoms with E-state index in [1.54, 1.807) is 6.20 Å². The van der Waals surface area contributed by atoms with Crippen LogP contribution in [0.1, 0.15) is 37.5 Å². The Labute approximate surface area is 176 Å². The molecule has 4 heteroatoms. The molecule has 0 amide bonds. The molecule has 4 rings (SSSR count). The van der Waals surface area contributed by atoms with Gasteiger partial charge in [-0.2, -0.15) is 0 Å². The maximum absolute atomic E-state index is 12.5. The normalized spacial score (nSPS) is 11.6. The van der Waals surface area contributed by atoms with E-state index in [0.29, 0.717) is 23.3 Å². The number of ether oxygens (including phenoxy) is 1. The van der Waals surface area contributed by atoms with Crippen LogP contribution in [0.3, 0.4) is 0 Å². The van der Waals surface area contributed by atoms with Gasteiger partial charge in [0.1, 0.15) is 17.7 Å². The number of nitrogens with one attached hydrogen (secondary N) is 1. The van der Waals surface area contributed by atoms with Crippen molar-refractivity contribution in [2.45, 2.75) is 39.7 Å². The molecule has 0 atom stereocenters. The first-order chi connectivity index (χ1) is 14.3. The molecule has 0 aliphatic carbocycles. The summed E-state index contributed by atoms with van der Waals surface area (Å²) in [6.45, 7) is 9.10. The Bertz CT molecular complexity index is 1250. The van der Waals surface area contributed by atoms with Crippen molar-refractivity contribution >= 4 is 10.9 Å². The number of fused-ring (bicyclic) bond motifs is 1. The fourth-order valence-corrected chi connectivity index (χ4v) is 3.56. The van der Waals surface area contributed by atoms with Gasteiger partial charge in [0, 0.05) is 17.8 Å². The lowest BCUT2D eigenvalue weighted by Crippen LogP contribution is -2.11. The third kappa shape index (κ3) is 3.99. The van der Waals surface area contributed by atoms with E-state index in [1.165, 1.54) is 5.56 Å². The van der Waals surface area contributed by atoms with Crippen molar-refractivity contribution in [3.8, 4) is 17.0 Å². The number of H-pyrrole nitrogens is 1. The molecule has 0 saturated carbocycles. The van der Waals surface area contributed by atoms with Gasteiger partial charge in [-0.05, 0) is 35.1 Å². The minimum atomic E-state index is -0.200. The highest BCUT2D eigenvalue weighted by molar-refractivity contribution is 5.87. The van der Waals surface area contributed by atoms with Gasteiger partial charge in [-0.3, -0.25) is 4.79 Å². The molecule has 0 bridgehead atoms. The summed E-state index contributed by atoms with van der Waals surface area (Å²) in [6, 6.07) is 20.1. The Hall–Kier alpha value is -3.40. The van der Waals surface area contributed by atoms with Gasteiger partial charge in [-0.1, -0.05) is 69.3 Å². The first-order valence-electron chi connectivity index (χ1n) is 10.1. The van der Waals surface area contributed by atoms with E-state index < -0.39 is 0 Å². The highest BCUT2D eigenvalue weighted by atomic mass is 16.5. The zero-order valence-electron chi connectivity index (χ0n) is 17.8. The Balaban J connectivity index is 1.81. The number of aryl methyl sites for hydroxylation is 1. The SMILES string of the molecule is Cc1cc(C(C)(C)C)ccc1-c1cc(OCc2ccccc2)c2c(=O)[nH]ccc2n1. The van der Waals surface area contributed by atoms with Gasteiger partial charge in [-0.25, -0.2) is 4.98 Å². The van der Waals surface area contributed by atoms with Crippen molar-refractivity contribution in [2.24, 2.45) is 0 Å². The molecule has 152 valence electrons. The Kier molecular flexibility index (Phi) is 5.17. The van der Waals surface area contributed by atoms with Gasteiger partial charge in [-0.15, -0.1) is 0 Å². The first kappa shape index (κ1) is 19.9. The van der Waals surface area contributed by atoms with E-state index in [4.69, 9.17) is 9.72 Å². The largest absolute Gasteiger partial charge is 0.488 e. The molecule has 0 spiro atoms. The lowest BCUT2D eigenvalue weighted by Gasteiger charge is -2.20. The standard InChI is InChI=1S/C26H26N2O2/c1-17-14-19(26(2,3)4)10-11-20(17)22-15-23(30-16-18-8-6-5-7-9-18)24-21(28-22)12-13-27-25(24)29/h5-15H,16H2,1-4H3,(H,27,29). The topological polar surface area (TPSA) is 55.0 Å². The molecule has 30 heavy (non-hydrogen) atoms. The molecule has 0 fully saturated rings. The minimum Gasteiger partial charge on any atom is -0.488 e. The van der Waals surface area contributed by atoms with Gasteiger partial charge in [0.25, 0.3) is 5.56 Å². The monoisotopic (exact) mass is 398 g/mol. The van der Waals surface area contributed by atoms with Crippen LogP contribution in [-0.2, 0) is 12.0 Å². The summed E-state index contributed by atoms with van der Waals surface area (Å²) in [5, 5.41) is 0.473. The van der Waals surface area contributed by atoms with Crippen LogP contribution in [0.15, 0.2) is 71.7 Å². The Morgan fingerprint density at radius 1 is 1.00 bits per heavy atom. The van der Waals surface area contributed by atoms with Crippen LogP contribution in [0.4, 0.5) is 0 Å². The van der Waals surface area contributed by atoms with Crippen LogP contribution in [0.2, 0.25) is 0 Å². The van der Waals surface area contributed by atoms with Crippen molar-refractivity contribution in [1.29, 1.82) is 0 Å². The molecule has 0 aliphatic rings. The molecular formula is C26H26N2O2. The van der Waals surface area contributed by atoms with Gasteiger partial charge in [0.05, 0.1) is 11.2 Å². The molecular weight excluding hydrogens is 372 g/mol. The molecule has 0 radical (unpaired) electrons. The fraction of sp³-hybridized carbons (Fsp3) is 0.231. The predicted molar refractivity (Wildman–Crippen MR) is 122 cm³/mol. The number of benzene rings is 2. The van der Waals surface area contributed by atoms with Gasteiger partial charge in [0.15, 0.2) is 0 Å². The average Bonchev–Trinajstić information content (AvgIpc) is 2.72. The second-order valence-corrected chi connectivity index (χ2v) is 8.63. The molecule has 2 aromatic heterocycles. The predicted octanol–water partition coefficient (Wildman–Crippen LogP) is 5.78. The lowest BCUT2D eigenvalue weighted by atomic mass is 9.85. The average molecular weight is 399 g/mol. The Morgan fingerprint density at radius 2 is 1.77 bits per heavy atom. The van der Waals surface area contributed by atoms with E-state index >= 15 is 0 Å². The molecule has 4 aromatic rings. The van der Waals surface area contributed by atoms with Crippen LogP contribution in [0.5, 0.6) is 5.75 Å². The van der Waals surface area contributed by atoms with Crippen molar-refractivity contribution in [3.63, 3.8) is 0 Å². The number of hydrogen-bond acceptors (Lipinski definition) is 3. The maximum atomic E-state index is 12.5. The fourth-order valence-electron chi connectivity index (χ4n) is 3.56.